The van der Waals surface area contributed by atoms with Crippen LogP contribution in [0.25, 0.3) is 5.69 Å². The SMILES string of the molecule is CC(C)(C)[Si](C)(C)OCCCc1cn(-c2ccc(F)cc2)c(=O)c(N2CCN(S(C)(=O)=O)CC2)n1. The quantitative estimate of drug-likeness (QED) is 0.389. The molecule has 0 spiro atoms. The highest BCUT2D eigenvalue weighted by Gasteiger charge is 2.36. The molecule has 0 N–H and O–H groups in total. The molecule has 0 unspecified atom stereocenters. The van der Waals surface area contributed by atoms with Crippen LogP contribution < -0.4 is 10.5 Å². The van der Waals surface area contributed by atoms with Crippen LogP contribution in [0.1, 0.15) is 32.9 Å². The second-order valence-electron chi connectivity index (χ2n) is 10.6. The van der Waals surface area contributed by atoms with Gasteiger partial charge in [0.25, 0.3) is 5.56 Å². The fourth-order valence-corrected chi connectivity index (χ4v) is 5.59. The minimum absolute atomic E-state index is 0.127. The number of aryl methyl sites for hydroxylation is 1. The van der Waals surface area contributed by atoms with Gasteiger partial charge in [0.1, 0.15) is 5.82 Å². The maximum absolute atomic E-state index is 13.5. The van der Waals surface area contributed by atoms with Crippen molar-refractivity contribution in [3.63, 3.8) is 0 Å². The van der Waals surface area contributed by atoms with E-state index in [1.807, 2.05) is 4.90 Å². The van der Waals surface area contributed by atoms with E-state index in [2.05, 4.69) is 38.8 Å². The van der Waals surface area contributed by atoms with Crippen LogP contribution >= 0.6 is 0 Å². The minimum atomic E-state index is -3.29. The molecule has 1 aliphatic heterocycles. The average Bonchev–Trinajstić information content (AvgIpc) is 2.77. The lowest BCUT2D eigenvalue weighted by Gasteiger charge is -2.36. The Morgan fingerprint density at radius 2 is 1.69 bits per heavy atom. The minimum Gasteiger partial charge on any atom is -0.417 e. The summed E-state index contributed by atoms with van der Waals surface area (Å²) in [7, 11) is -5.14. The number of hydrogen-bond donors (Lipinski definition) is 0. The second-order valence-corrected chi connectivity index (χ2v) is 17.4. The summed E-state index contributed by atoms with van der Waals surface area (Å²) < 4.78 is 46.5. The summed E-state index contributed by atoms with van der Waals surface area (Å²) in [5.41, 5.74) is 0.965. The van der Waals surface area contributed by atoms with Gasteiger partial charge in [0, 0.05) is 44.7 Å². The summed E-state index contributed by atoms with van der Waals surface area (Å²) in [5, 5.41) is 0.127. The molecule has 1 saturated heterocycles. The van der Waals surface area contributed by atoms with Gasteiger partial charge in [-0.05, 0) is 55.2 Å². The van der Waals surface area contributed by atoms with E-state index >= 15 is 0 Å². The number of hydrogen-bond acceptors (Lipinski definition) is 6. The third-order valence-electron chi connectivity index (χ3n) is 6.90. The van der Waals surface area contributed by atoms with Crippen LogP contribution in [0.4, 0.5) is 10.2 Å². The van der Waals surface area contributed by atoms with Crippen LogP contribution in [-0.4, -0.2) is 69.6 Å². The van der Waals surface area contributed by atoms with Crippen molar-refractivity contribution >= 4 is 24.2 Å². The van der Waals surface area contributed by atoms with Gasteiger partial charge in [-0.3, -0.25) is 9.36 Å². The predicted octanol–water partition coefficient (Wildman–Crippen LogP) is 3.41. The number of nitrogens with zero attached hydrogens (tertiary/aromatic N) is 4. The molecule has 0 atom stereocenters. The first kappa shape index (κ1) is 27.5. The molecule has 2 aromatic rings. The number of rotatable bonds is 8. The highest BCUT2D eigenvalue weighted by Crippen LogP contribution is 2.36. The van der Waals surface area contributed by atoms with Gasteiger partial charge in [-0.25, -0.2) is 17.8 Å². The van der Waals surface area contributed by atoms with Gasteiger partial charge < -0.3 is 9.33 Å². The molecular weight excluding hydrogens is 487 g/mol. The molecule has 2 heterocycles. The second kappa shape index (κ2) is 10.5. The molecule has 1 aromatic heterocycles. The van der Waals surface area contributed by atoms with E-state index in [4.69, 9.17) is 4.43 Å². The number of piperazine rings is 1. The lowest BCUT2D eigenvalue weighted by molar-refractivity contribution is 0.282. The van der Waals surface area contributed by atoms with Crippen LogP contribution in [0.15, 0.2) is 35.3 Å². The summed E-state index contributed by atoms with van der Waals surface area (Å²) in [6.07, 6.45) is 4.27. The van der Waals surface area contributed by atoms with Crippen molar-refractivity contribution in [3.8, 4) is 5.69 Å². The zero-order valence-electron chi connectivity index (χ0n) is 21.5. The summed E-state index contributed by atoms with van der Waals surface area (Å²) in [6, 6.07) is 5.76. The zero-order chi connectivity index (χ0) is 26.0. The molecular formula is C24H37FN4O4SSi. The van der Waals surface area contributed by atoms with Crippen LogP contribution in [0.5, 0.6) is 0 Å². The van der Waals surface area contributed by atoms with E-state index in [0.29, 0.717) is 44.9 Å². The van der Waals surface area contributed by atoms with Crippen molar-refractivity contribution in [2.24, 2.45) is 0 Å². The highest BCUT2D eigenvalue weighted by atomic mass is 32.2. The van der Waals surface area contributed by atoms with Crippen molar-refractivity contribution < 1.29 is 17.2 Å². The number of sulfonamides is 1. The van der Waals surface area contributed by atoms with Crippen LogP contribution in [0.2, 0.25) is 18.1 Å². The highest BCUT2D eigenvalue weighted by molar-refractivity contribution is 7.88. The Kier molecular flexibility index (Phi) is 8.25. The Bertz CT molecular complexity index is 1190. The largest absolute Gasteiger partial charge is 0.417 e. The molecule has 8 nitrogen and oxygen atoms in total. The molecule has 3 rings (SSSR count). The lowest BCUT2D eigenvalue weighted by atomic mass is 10.2. The molecule has 0 aliphatic carbocycles. The van der Waals surface area contributed by atoms with Crippen molar-refractivity contribution in [1.82, 2.24) is 13.9 Å². The van der Waals surface area contributed by atoms with Gasteiger partial charge in [-0.2, -0.15) is 4.31 Å². The van der Waals surface area contributed by atoms with Crippen molar-refractivity contribution in [2.45, 2.75) is 51.7 Å². The smallest absolute Gasteiger partial charge is 0.298 e. The molecule has 11 heteroatoms. The van der Waals surface area contributed by atoms with E-state index in [-0.39, 0.29) is 22.2 Å². The Morgan fingerprint density at radius 3 is 2.23 bits per heavy atom. The molecule has 0 radical (unpaired) electrons. The molecule has 35 heavy (non-hydrogen) atoms. The molecule has 0 bridgehead atoms. The Morgan fingerprint density at radius 1 is 1.09 bits per heavy atom. The van der Waals surface area contributed by atoms with Crippen LogP contribution in [-0.2, 0) is 20.9 Å². The van der Waals surface area contributed by atoms with Gasteiger partial charge in [-0.1, -0.05) is 20.8 Å². The first-order valence-electron chi connectivity index (χ1n) is 11.9. The summed E-state index contributed by atoms with van der Waals surface area (Å²) in [4.78, 5) is 19.9. The summed E-state index contributed by atoms with van der Waals surface area (Å²) >= 11 is 0. The fourth-order valence-electron chi connectivity index (χ4n) is 3.68. The standard InChI is InChI=1S/C24H37FN4O4SSi/c1-24(2,3)35(5,6)33-17-7-8-20-18-29(21-11-9-19(25)10-12-21)23(30)22(26-20)27-13-15-28(16-14-27)34(4,31)32/h9-12,18H,7-8,13-17H2,1-6H3. The number of aromatic nitrogens is 2. The zero-order valence-corrected chi connectivity index (χ0v) is 23.4. The molecule has 1 fully saturated rings. The molecule has 1 aromatic carbocycles. The lowest BCUT2D eigenvalue weighted by Crippen LogP contribution is -2.50. The van der Waals surface area contributed by atoms with E-state index < -0.39 is 18.3 Å². The fraction of sp³-hybridized carbons (Fsp3) is 0.583. The van der Waals surface area contributed by atoms with Crippen LogP contribution in [0.3, 0.4) is 0 Å². The van der Waals surface area contributed by atoms with E-state index in [1.165, 1.54) is 27.3 Å². The summed E-state index contributed by atoms with van der Waals surface area (Å²) in [6.45, 7) is 13.0. The van der Waals surface area contributed by atoms with E-state index in [1.54, 1.807) is 18.3 Å². The van der Waals surface area contributed by atoms with Gasteiger partial charge in [0.05, 0.1) is 11.9 Å². The normalized spacial score (nSPS) is 16.0. The topological polar surface area (TPSA) is 84.7 Å². The molecule has 0 saturated carbocycles. The molecule has 1 aliphatic rings. The first-order valence-corrected chi connectivity index (χ1v) is 16.7. The molecule has 0 amide bonds. The number of benzene rings is 1. The Labute approximate surface area is 208 Å². The van der Waals surface area contributed by atoms with Crippen LogP contribution in [0, 0.1) is 5.82 Å². The maximum atomic E-state index is 13.5. The van der Waals surface area contributed by atoms with E-state index in [9.17, 15) is 17.6 Å². The number of halogens is 1. The van der Waals surface area contributed by atoms with Gasteiger partial charge >= 0.3 is 0 Å². The maximum Gasteiger partial charge on any atom is 0.298 e. The predicted molar refractivity (Wildman–Crippen MR) is 140 cm³/mol. The van der Waals surface area contributed by atoms with Gasteiger partial charge in [0.2, 0.25) is 10.0 Å². The molecule has 194 valence electrons. The van der Waals surface area contributed by atoms with Crippen molar-refractivity contribution in [1.29, 1.82) is 0 Å². The first-order chi connectivity index (χ1) is 16.2. The Hall–Kier alpha value is -2.08. The van der Waals surface area contributed by atoms with Crippen molar-refractivity contribution in [3.05, 3.63) is 52.3 Å². The monoisotopic (exact) mass is 524 g/mol. The van der Waals surface area contributed by atoms with Crippen molar-refractivity contribution in [2.75, 3.05) is 43.9 Å². The third kappa shape index (κ3) is 6.78. The summed E-state index contributed by atoms with van der Waals surface area (Å²) in [5.74, 6) is -0.0960. The van der Waals surface area contributed by atoms with E-state index in [0.717, 1.165) is 12.1 Å². The Balaban J connectivity index is 1.85. The third-order valence-corrected chi connectivity index (χ3v) is 12.7. The van der Waals surface area contributed by atoms with Gasteiger partial charge in [0.15, 0.2) is 14.1 Å². The number of anilines is 1. The van der Waals surface area contributed by atoms with Gasteiger partial charge in [-0.15, -0.1) is 0 Å². The average molecular weight is 525 g/mol.